The molecule has 224 valence electrons. The number of ether oxygens (including phenoxy) is 1. The third kappa shape index (κ3) is 5.64. The van der Waals surface area contributed by atoms with E-state index in [0.29, 0.717) is 96.9 Å². The molecule has 2 aliphatic heterocycles. The van der Waals surface area contributed by atoms with Gasteiger partial charge in [0.05, 0.1) is 23.6 Å². The minimum absolute atomic E-state index is 0.0565. The Balaban J connectivity index is 1.29. The lowest BCUT2D eigenvalue weighted by Crippen LogP contribution is -2.42. The van der Waals surface area contributed by atoms with Gasteiger partial charge < -0.3 is 19.4 Å². The van der Waals surface area contributed by atoms with Gasteiger partial charge in [-0.05, 0) is 56.5 Å². The summed E-state index contributed by atoms with van der Waals surface area (Å²) in [5.41, 5.74) is 1.79. The lowest BCUT2D eigenvalue weighted by molar-refractivity contribution is -0.135. The molecule has 10 nitrogen and oxygen atoms in total. The summed E-state index contributed by atoms with van der Waals surface area (Å²) >= 11 is 1.22. The number of amides is 1. The fourth-order valence-electron chi connectivity index (χ4n) is 5.81. The third-order valence-electron chi connectivity index (χ3n) is 8.02. The molecule has 2 fully saturated rings. The van der Waals surface area contributed by atoms with Crippen LogP contribution in [0.1, 0.15) is 31.1 Å². The second-order valence-electron chi connectivity index (χ2n) is 10.7. The van der Waals surface area contributed by atoms with Crippen molar-refractivity contribution in [3.8, 4) is 17.3 Å². The summed E-state index contributed by atoms with van der Waals surface area (Å²) in [6.45, 7) is 5.98. The average Bonchev–Trinajstić information content (AvgIpc) is 3.75. The molecule has 4 aromatic rings. The largest absolute Gasteiger partial charge is 0.381 e. The Morgan fingerprint density at radius 2 is 1.91 bits per heavy atom. The van der Waals surface area contributed by atoms with E-state index in [4.69, 9.17) is 9.72 Å². The zero-order chi connectivity index (χ0) is 30.1. The van der Waals surface area contributed by atoms with E-state index in [-0.39, 0.29) is 23.3 Å². The highest BCUT2D eigenvalue weighted by Gasteiger charge is 2.29. The van der Waals surface area contributed by atoms with Crippen LogP contribution in [0.25, 0.3) is 22.3 Å². The van der Waals surface area contributed by atoms with Crippen molar-refractivity contribution in [2.75, 3.05) is 56.2 Å². The highest BCUT2D eigenvalue weighted by Crippen LogP contribution is 2.39. The van der Waals surface area contributed by atoms with Crippen molar-refractivity contribution in [3.05, 3.63) is 47.0 Å². The summed E-state index contributed by atoms with van der Waals surface area (Å²) in [7, 11) is 1.83. The number of benzene rings is 1. The number of nitrogens with zero attached hydrogens (tertiary/aromatic N) is 8. The van der Waals surface area contributed by atoms with Gasteiger partial charge in [0.15, 0.2) is 10.8 Å². The molecule has 0 aliphatic carbocycles. The van der Waals surface area contributed by atoms with Crippen molar-refractivity contribution in [1.82, 2.24) is 24.6 Å². The summed E-state index contributed by atoms with van der Waals surface area (Å²) in [6, 6.07) is 9.87. The molecule has 0 N–H and O–H groups in total. The average molecular weight is 607 g/mol. The standard InChI is InChI=1S/C30H32F2N8O2S/c1-3-40-28(37(2)30-34-25(24(17-33)43-30)19-6-8-21(31)9-7-19)22-16-23(26(32)35-27(22)36-40)38-11-4-13-39(14-5-12-38)29(41)20-10-15-42-18-20/h6-9,16,20H,3-5,10-15,18H2,1-2H3/t20-/m0/s1. The molecule has 43 heavy (non-hydrogen) atoms. The molecule has 0 saturated carbocycles. The number of hydrogen-bond acceptors (Lipinski definition) is 9. The van der Waals surface area contributed by atoms with Crippen LogP contribution in [0, 0.1) is 29.0 Å². The van der Waals surface area contributed by atoms with Crippen molar-refractivity contribution >= 4 is 44.9 Å². The van der Waals surface area contributed by atoms with Gasteiger partial charge >= 0.3 is 0 Å². The van der Waals surface area contributed by atoms with E-state index in [1.54, 1.807) is 22.9 Å². The Hall–Kier alpha value is -4.15. The van der Waals surface area contributed by atoms with Crippen molar-refractivity contribution in [2.45, 2.75) is 32.7 Å². The molecule has 1 amide bonds. The molecular weight excluding hydrogens is 574 g/mol. The first-order valence-corrected chi connectivity index (χ1v) is 15.3. The molecule has 0 bridgehead atoms. The number of aromatic nitrogens is 4. The fraction of sp³-hybridized carbons (Fsp3) is 0.433. The van der Waals surface area contributed by atoms with E-state index >= 15 is 4.39 Å². The first-order valence-electron chi connectivity index (χ1n) is 14.5. The maximum Gasteiger partial charge on any atom is 0.238 e. The van der Waals surface area contributed by atoms with Crippen LogP contribution in [0.15, 0.2) is 30.3 Å². The number of carbonyl (C=O) groups is 1. The van der Waals surface area contributed by atoms with Crippen molar-refractivity contribution in [2.24, 2.45) is 5.92 Å². The maximum atomic E-state index is 15.5. The molecule has 3 aromatic heterocycles. The number of thiazole rings is 1. The maximum absolute atomic E-state index is 15.5. The molecule has 0 radical (unpaired) electrons. The van der Waals surface area contributed by atoms with Gasteiger partial charge in [-0.1, -0.05) is 11.3 Å². The van der Waals surface area contributed by atoms with Crippen LogP contribution in [0.5, 0.6) is 0 Å². The molecule has 0 unspecified atom stereocenters. The van der Waals surface area contributed by atoms with Gasteiger partial charge in [0.25, 0.3) is 0 Å². The first kappa shape index (κ1) is 28.9. The molecule has 2 aliphatic rings. The second kappa shape index (κ2) is 12.2. The van der Waals surface area contributed by atoms with Crippen molar-refractivity contribution < 1.29 is 18.3 Å². The minimum Gasteiger partial charge on any atom is -0.381 e. The quantitative estimate of drug-likeness (QED) is 0.284. The van der Waals surface area contributed by atoms with E-state index in [2.05, 4.69) is 16.2 Å². The molecule has 5 heterocycles. The monoisotopic (exact) mass is 606 g/mol. The topological polar surface area (TPSA) is 103 Å². The first-order chi connectivity index (χ1) is 20.9. The van der Waals surface area contributed by atoms with Gasteiger partial charge in [-0.2, -0.15) is 19.7 Å². The van der Waals surface area contributed by atoms with E-state index in [1.165, 1.54) is 23.5 Å². The number of nitriles is 1. The smallest absolute Gasteiger partial charge is 0.238 e. The number of aryl methyl sites for hydroxylation is 1. The van der Waals surface area contributed by atoms with Crippen LogP contribution >= 0.6 is 11.3 Å². The predicted molar refractivity (Wildman–Crippen MR) is 160 cm³/mol. The number of fused-ring (bicyclic) bond motifs is 1. The number of pyridine rings is 1. The Labute approximate surface area is 252 Å². The number of halogens is 2. The second-order valence-corrected chi connectivity index (χ2v) is 11.7. The molecule has 0 spiro atoms. The summed E-state index contributed by atoms with van der Waals surface area (Å²) in [6.07, 6.45) is 2.19. The van der Waals surface area contributed by atoms with Gasteiger partial charge in [-0.25, -0.2) is 14.1 Å². The third-order valence-corrected chi connectivity index (χ3v) is 9.06. The number of hydrogen-bond donors (Lipinski definition) is 0. The van der Waals surface area contributed by atoms with Crippen LogP contribution in [-0.2, 0) is 16.1 Å². The van der Waals surface area contributed by atoms with Crippen LogP contribution < -0.4 is 9.80 Å². The molecule has 1 aromatic carbocycles. The molecule has 1 atom stereocenters. The summed E-state index contributed by atoms with van der Waals surface area (Å²) < 4.78 is 36.1. The van der Waals surface area contributed by atoms with E-state index in [9.17, 15) is 14.4 Å². The predicted octanol–water partition coefficient (Wildman–Crippen LogP) is 4.96. The summed E-state index contributed by atoms with van der Waals surface area (Å²) in [4.78, 5) is 28.1. The summed E-state index contributed by atoms with van der Waals surface area (Å²) in [5.74, 6) is -0.173. The van der Waals surface area contributed by atoms with Crippen LogP contribution in [0.2, 0.25) is 0 Å². The Kier molecular flexibility index (Phi) is 8.23. The zero-order valence-corrected chi connectivity index (χ0v) is 24.9. The normalized spacial score (nSPS) is 17.6. The molecule has 2 saturated heterocycles. The zero-order valence-electron chi connectivity index (χ0n) is 24.1. The molecule has 6 rings (SSSR count). The Morgan fingerprint density at radius 1 is 1.16 bits per heavy atom. The Bertz CT molecular complexity index is 1670. The number of rotatable bonds is 6. The van der Waals surface area contributed by atoms with Gasteiger partial charge in [0, 0.05) is 51.9 Å². The van der Waals surface area contributed by atoms with E-state index < -0.39 is 5.95 Å². The van der Waals surface area contributed by atoms with Crippen molar-refractivity contribution in [3.63, 3.8) is 0 Å². The van der Waals surface area contributed by atoms with Gasteiger partial charge in [-0.3, -0.25) is 4.79 Å². The van der Waals surface area contributed by atoms with Gasteiger partial charge in [0.1, 0.15) is 28.3 Å². The summed E-state index contributed by atoms with van der Waals surface area (Å²) in [5, 5.41) is 15.6. The lowest BCUT2D eigenvalue weighted by atomic mass is 10.1. The van der Waals surface area contributed by atoms with E-state index in [0.717, 1.165) is 6.42 Å². The number of anilines is 3. The Morgan fingerprint density at radius 3 is 2.56 bits per heavy atom. The van der Waals surface area contributed by atoms with Gasteiger partial charge in [0.2, 0.25) is 11.9 Å². The minimum atomic E-state index is -0.585. The molecular formula is C30H32F2N8O2S. The van der Waals surface area contributed by atoms with Crippen LogP contribution in [-0.4, -0.2) is 77.0 Å². The van der Waals surface area contributed by atoms with Crippen molar-refractivity contribution in [1.29, 1.82) is 5.26 Å². The fourth-order valence-corrected chi connectivity index (χ4v) is 6.66. The van der Waals surface area contributed by atoms with E-state index in [1.807, 2.05) is 28.7 Å². The van der Waals surface area contributed by atoms with Gasteiger partial charge in [-0.15, -0.1) is 0 Å². The SMILES string of the molecule is CCn1nc2nc(F)c(N3CCCN(C(=O)[C@H]4CCOC4)CCC3)cc2c1N(C)c1nc(-c2ccc(F)cc2)c(C#N)s1. The number of carbonyl (C=O) groups excluding carboxylic acids is 1. The lowest BCUT2D eigenvalue weighted by Gasteiger charge is -2.32. The van der Waals surface area contributed by atoms with Crippen LogP contribution in [0.4, 0.5) is 25.4 Å². The highest BCUT2D eigenvalue weighted by atomic mass is 32.1. The van der Waals surface area contributed by atoms with Crippen LogP contribution in [0.3, 0.4) is 0 Å². The highest BCUT2D eigenvalue weighted by molar-refractivity contribution is 7.16. The molecule has 13 heteroatoms.